The van der Waals surface area contributed by atoms with E-state index < -0.39 is 13.2 Å². The van der Waals surface area contributed by atoms with Gasteiger partial charge in [-0.25, -0.2) is 8.78 Å². The van der Waals surface area contributed by atoms with Crippen molar-refractivity contribution in [2.45, 2.75) is 97.3 Å². The molecule has 4 saturated carbocycles. The summed E-state index contributed by atoms with van der Waals surface area (Å²) in [6.45, 7) is 7.64. The number of halogens is 3. The topological polar surface area (TPSA) is 0 Å². The molecule has 0 bridgehead atoms. The van der Waals surface area contributed by atoms with Gasteiger partial charge in [0.1, 0.15) is 23.2 Å². The third kappa shape index (κ3) is 5.87. The lowest BCUT2D eigenvalue weighted by molar-refractivity contribution is -0.164. The van der Waals surface area contributed by atoms with Gasteiger partial charge in [-0.05, 0) is 141 Å². The van der Waals surface area contributed by atoms with Crippen LogP contribution in [0.3, 0.4) is 0 Å². The van der Waals surface area contributed by atoms with Crippen LogP contribution in [0.5, 0.6) is 0 Å². The van der Waals surface area contributed by atoms with Gasteiger partial charge in [-0.1, -0.05) is 75.4 Å². The smallest absolute Gasteiger partial charge is 0.248 e. The van der Waals surface area contributed by atoms with Gasteiger partial charge in [-0.3, -0.25) is 0 Å². The van der Waals surface area contributed by atoms with Crippen molar-refractivity contribution in [3.05, 3.63) is 91.0 Å². The van der Waals surface area contributed by atoms with E-state index in [1.54, 1.807) is 0 Å². The Kier molecular flexibility index (Phi) is 9.98. The van der Waals surface area contributed by atoms with Crippen LogP contribution in [0.25, 0.3) is 0 Å². The Hall–Kier alpha value is -1.57. The second-order valence-electron chi connectivity index (χ2n) is 16.1. The van der Waals surface area contributed by atoms with E-state index in [0.29, 0.717) is 17.3 Å². The lowest BCUT2D eigenvalue weighted by atomic mass is 9.44. The highest BCUT2D eigenvalue weighted by molar-refractivity contribution is 7.95. The molecule has 4 aliphatic carbocycles. The SMILES string of the molecule is C[C@H](CCC[P+](c1ccccc1)(c1ccccc1)c1ccccc1)[C@H]1CC[C@H]2[C@@H]3CC[C@@H]4CC(F)(F)CC[C@]4(C)[C@H]3CC[C@]12C.[Br-]. The zero-order valence-corrected chi connectivity index (χ0v) is 30.7. The summed E-state index contributed by atoms with van der Waals surface area (Å²) in [5, 5.41) is 4.47. The number of alkyl halides is 2. The Morgan fingerprint density at radius 3 is 1.78 bits per heavy atom. The predicted octanol–water partition coefficient (Wildman–Crippen LogP) is 7.70. The number of hydrogen-bond acceptors (Lipinski definition) is 0. The van der Waals surface area contributed by atoms with Gasteiger partial charge in [0.05, 0.1) is 6.16 Å². The minimum Gasteiger partial charge on any atom is -1.00 e. The first-order valence-corrected chi connectivity index (χ1v) is 20.1. The first-order valence-electron chi connectivity index (χ1n) is 18.1. The molecule has 8 atom stereocenters. The highest BCUT2D eigenvalue weighted by Gasteiger charge is 2.62. The van der Waals surface area contributed by atoms with E-state index >= 15 is 0 Å². The molecule has 0 heterocycles. The summed E-state index contributed by atoms with van der Waals surface area (Å²) >= 11 is 0. The van der Waals surface area contributed by atoms with Gasteiger partial charge < -0.3 is 17.0 Å². The molecule has 46 heavy (non-hydrogen) atoms. The zero-order valence-electron chi connectivity index (χ0n) is 28.2. The first-order chi connectivity index (χ1) is 21.7. The molecule has 0 saturated heterocycles. The minimum absolute atomic E-state index is 0. The maximum Gasteiger partial charge on any atom is 0.248 e. The fourth-order valence-corrected chi connectivity index (χ4v) is 16.3. The first kappa shape index (κ1) is 34.3. The molecular formula is C42H54BrF2P. The molecule has 0 amide bonds. The molecule has 3 aromatic carbocycles. The molecule has 4 fully saturated rings. The largest absolute Gasteiger partial charge is 1.00 e. The summed E-state index contributed by atoms with van der Waals surface area (Å²) in [5.41, 5.74) is 0.544. The Balaban J connectivity index is 0.00000372. The van der Waals surface area contributed by atoms with Gasteiger partial charge in [-0.15, -0.1) is 0 Å². The van der Waals surface area contributed by atoms with Gasteiger partial charge in [0, 0.05) is 12.8 Å². The van der Waals surface area contributed by atoms with E-state index in [-0.39, 0.29) is 41.2 Å². The van der Waals surface area contributed by atoms with Crippen LogP contribution in [0, 0.1) is 46.3 Å². The molecular weight excluding hydrogens is 653 g/mol. The molecule has 0 spiro atoms. The number of benzene rings is 3. The van der Waals surface area contributed by atoms with Crippen molar-refractivity contribution in [3.8, 4) is 0 Å². The Bertz CT molecular complexity index is 1330. The summed E-state index contributed by atoms with van der Waals surface area (Å²) in [4.78, 5) is 0. The van der Waals surface area contributed by atoms with E-state index in [1.807, 2.05) is 0 Å². The van der Waals surface area contributed by atoms with E-state index in [9.17, 15) is 8.78 Å². The Morgan fingerprint density at radius 2 is 1.22 bits per heavy atom. The van der Waals surface area contributed by atoms with Crippen LogP contribution in [-0.2, 0) is 0 Å². The summed E-state index contributed by atoms with van der Waals surface area (Å²) in [7, 11) is -1.79. The zero-order chi connectivity index (χ0) is 31.3. The van der Waals surface area contributed by atoms with Crippen LogP contribution in [0.15, 0.2) is 91.0 Å². The Labute approximate surface area is 288 Å². The van der Waals surface area contributed by atoms with Gasteiger partial charge >= 0.3 is 0 Å². The molecule has 0 nitrogen and oxygen atoms in total. The standard InChI is InChI=1S/C42H54F2P.BrH/c1-31(14-13-29-45(33-15-7-4-8-16-33,34-17-9-5-10-18-34)35-19-11-6-12-20-35)37-23-24-38-36-22-21-32-30-42(43,44)28-27-40(32,2)39(36)25-26-41(37,38)3;/h4-12,15-20,31-32,36-39H,13-14,21-30H2,1-3H3;1H/q+1;/p-1/t31-,32-,36+,37-,38+,39+,40+,41-;/m1./s1. The summed E-state index contributed by atoms with van der Waals surface area (Å²) in [6, 6.07) is 34.0. The minimum atomic E-state index is -2.44. The molecule has 3 aromatic rings. The lowest BCUT2D eigenvalue weighted by Crippen LogP contribution is -3.00. The number of rotatable bonds is 8. The fraction of sp³-hybridized carbons (Fsp3) is 0.571. The lowest BCUT2D eigenvalue weighted by Gasteiger charge is -2.61. The normalized spacial score (nSPS) is 34.0. The molecule has 0 unspecified atom stereocenters. The van der Waals surface area contributed by atoms with E-state index in [4.69, 9.17) is 0 Å². The summed E-state index contributed by atoms with van der Waals surface area (Å²) in [6.07, 6.45) is 12.3. The quantitative estimate of drug-likeness (QED) is 0.211. The average Bonchev–Trinajstić information content (AvgIpc) is 3.42. The van der Waals surface area contributed by atoms with Crippen molar-refractivity contribution in [1.82, 2.24) is 0 Å². The maximum atomic E-state index is 14.5. The molecule has 0 N–H and O–H groups in total. The summed E-state index contributed by atoms with van der Waals surface area (Å²) in [5.74, 6) is 1.48. The maximum absolute atomic E-state index is 14.5. The van der Waals surface area contributed by atoms with Gasteiger partial charge in [0.25, 0.3) is 0 Å². The average molecular weight is 708 g/mol. The van der Waals surface area contributed by atoms with Crippen LogP contribution in [0.2, 0.25) is 0 Å². The molecule has 4 aliphatic rings. The molecule has 248 valence electrons. The van der Waals surface area contributed by atoms with Gasteiger partial charge in [-0.2, -0.15) is 0 Å². The van der Waals surface area contributed by atoms with Crippen molar-refractivity contribution >= 4 is 23.2 Å². The van der Waals surface area contributed by atoms with Crippen LogP contribution in [-0.4, -0.2) is 12.1 Å². The van der Waals surface area contributed by atoms with Crippen LogP contribution in [0.1, 0.15) is 91.4 Å². The fourth-order valence-electron chi connectivity index (χ4n) is 11.9. The van der Waals surface area contributed by atoms with Crippen molar-refractivity contribution < 1.29 is 25.8 Å². The highest BCUT2D eigenvalue weighted by Crippen LogP contribution is 2.69. The molecule has 7 rings (SSSR count). The van der Waals surface area contributed by atoms with Crippen LogP contribution >= 0.6 is 7.26 Å². The highest BCUT2D eigenvalue weighted by atomic mass is 79.9. The molecule has 0 radical (unpaired) electrons. The van der Waals surface area contributed by atoms with E-state index in [2.05, 4.69) is 112 Å². The molecule has 0 aromatic heterocycles. The second-order valence-corrected chi connectivity index (χ2v) is 19.7. The van der Waals surface area contributed by atoms with Crippen LogP contribution in [0.4, 0.5) is 8.78 Å². The monoisotopic (exact) mass is 706 g/mol. The third-order valence-electron chi connectivity index (χ3n) is 14.1. The van der Waals surface area contributed by atoms with Crippen molar-refractivity contribution in [1.29, 1.82) is 0 Å². The second kappa shape index (κ2) is 13.4. The summed E-state index contributed by atoms with van der Waals surface area (Å²) < 4.78 is 28.9. The third-order valence-corrected chi connectivity index (χ3v) is 18.7. The number of hydrogen-bond donors (Lipinski definition) is 0. The van der Waals surface area contributed by atoms with Gasteiger partial charge in [0.15, 0.2) is 0 Å². The molecule has 4 heteroatoms. The van der Waals surface area contributed by atoms with Crippen molar-refractivity contribution in [3.63, 3.8) is 0 Å². The van der Waals surface area contributed by atoms with Crippen molar-refractivity contribution in [2.75, 3.05) is 6.16 Å². The van der Waals surface area contributed by atoms with Gasteiger partial charge in [0.2, 0.25) is 5.92 Å². The van der Waals surface area contributed by atoms with E-state index in [1.165, 1.54) is 67.0 Å². The molecule has 0 aliphatic heterocycles. The number of fused-ring (bicyclic) bond motifs is 5. The van der Waals surface area contributed by atoms with Crippen LogP contribution < -0.4 is 32.9 Å². The van der Waals surface area contributed by atoms with E-state index in [0.717, 1.165) is 30.6 Å². The van der Waals surface area contributed by atoms with Crippen molar-refractivity contribution in [2.24, 2.45) is 46.3 Å². The Morgan fingerprint density at radius 1 is 0.674 bits per heavy atom. The predicted molar refractivity (Wildman–Crippen MR) is 189 cm³/mol.